The van der Waals surface area contributed by atoms with Gasteiger partial charge in [-0.05, 0) is 64.1 Å². The van der Waals surface area contributed by atoms with Crippen LogP contribution in [0.4, 0.5) is 11.4 Å². The van der Waals surface area contributed by atoms with Gasteiger partial charge in [0.1, 0.15) is 0 Å². The summed E-state index contributed by atoms with van der Waals surface area (Å²) in [6.45, 7) is 8.11. The van der Waals surface area contributed by atoms with Crippen LogP contribution in [0, 0.1) is 13.8 Å². The van der Waals surface area contributed by atoms with Crippen LogP contribution in [0.25, 0.3) is 0 Å². The van der Waals surface area contributed by atoms with E-state index in [0.717, 1.165) is 34.2 Å². The monoisotopic (exact) mass is 470 g/mol. The molecular weight excluding hydrogens is 448 g/mol. The fourth-order valence-corrected chi connectivity index (χ4v) is 2.58. The largest absolute Gasteiger partial charge is 2.00 e. The summed E-state index contributed by atoms with van der Waals surface area (Å²) in [7, 11) is 0. The van der Waals surface area contributed by atoms with Crippen molar-refractivity contribution in [2.24, 2.45) is 9.98 Å². The van der Waals surface area contributed by atoms with Crippen molar-refractivity contribution in [1.29, 1.82) is 0 Å². The Bertz CT molecular complexity index is 889. The summed E-state index contributed by atoms with van der Waals surface area (Å²) >= 11 is 0. The molecule has 0 N–H and O–H groups in total. The molecule has 3 rings (SSSR count). The van der Waals surface area contributed by atoms with Gasteiger partial charge < -0.3 is 24.8 Å². The molecule has 3 nitrogen and oxygen atoms in total. The van der Waals surface area contributed by atoms with E-state index in [1.54, 1.807) is 0 Å². The van der Waals surface area contributed by atoms with Gasteiger partial charge >= 0.3 is 16.8 Å². The zero-order chi connectivity index (χ0) is 18.5. The minimum atomic E-state index is 0. The van der Waals surface area contributed by atoms with Crippen LogP contribution in [0.1, 0.15) is 36.4 Å². The minimum absolute atomic E-state index is 0. The van der Waals surface area contributed by atoms with Gasteiger partial charge in [-0.2, -0.15) is 0 Å². The molecule has 1 aromatic heterocycles. The van der Waals surface area contributed by atoms with E-state index in [4.69, 9.17) is 4.98 Å². The molecule has 0 unspecified atom stereocenters. The van der Waals surface area contributed by atoms with Gasteiger partial charge in [-0.15, -0.1) is 0 Å². The first-order valence-electron chi connectivity index (χ1n) is 8.73. The third-order valence-corrected chi connectivity index (χ3v) is 4.15. The first-order valence-corrected chi connectivity index (χ1v) is 8.73. The Morgan fingerprint density at radius 3 is 1.31 bits per heavy atom. The molecule has 29 heavy (non-hydrogen) atoms. The van der Waals surface area contributed by atoms with Gasteiger partial charge in [-0.3, -0.25) is 9.98 Å². The smallest absolute Gasteiger partial charge is 1.00 e. The van der Waals surface area contributed by atoms with Crippen molar-refractivity contribution in [1.82, 2.24) is 4.98 Å². The molecule has 1 heterocycles. The van der Waals surface area contributed by atoms with E-state index < -0.39 is 0 Å². The molecule has 153 valence electrons. The predicted molar refractivity (Wildman–Crippen MR) is 110 cm³/mol. The quantitative estimate of drug-likeness (QED) is 0.494. The summed E-state index contributed by atoms with van der Waals surface area (Å²) < 4.78 is 0. The molecule has 0 aliphatic rings. The molecular formula is C23H23Cl2CoN3. The molecule has 3 aromatic rings. The number of nitrogens with zero attached hydrogens (tertiary/aromatic N) is 3. The third kappa shape index (κ3) is 7.75. The van der Waals surface area contributed by atoms with Crippen LogP contribution in [0.15, 0.2) is 76.7 Å². The van der Waals surface area contributed by atoms with Crippen LogP contribution >= 0.6 is 0 Å². The second-order valence-electron chi connectivity index (χ2n) is 6.47. The Morgan fingerprint density at radius 2 is 0.966 bits per heavy atom. The van der Waals surface area contributed by atoms with Crippen LogP contribution in [0.5, 0.6) is 0 Å². The van der Waals surface area contributed by atoms with Crippen molar-refractivity contribution in [2.45, 2.75) is 27.7 Å². The Labute approximate surface area is 195 Å². The Kier molecular flexibility index (Phi) is 11.7. The normalized spacial score (nSPS) is 11.0. The SMILES string of the molecule is CC(=Nc1ccc(C)cc1)c1cccc(C(C)=Nc2ccc(C)cc2)n1.[Cl-].[Cl-].[Co+2]. The molecule has 1 radical (unpaired) electrons. The number of aryl methyl sites for hydroxylation is 2. The average Bonchev–Trinajstić information content (AvgIpc) is 2.65. The number of benzene rings is 2. The first-order chi connectivity index (χ1) is 12.5. The number of aromatic nitrogens is 1. The Balaban J connectivity index is 0.00000261. The maximum Gasteiger partial charge on any atom is 2.00 e. The number of rotatable bonds is 4. The molecule has 0 atom stereocenters. The number of hydrogen-bond acceptors (Lipinski definition) is 3. The standard InChI is InChI=1S/C23H23N3.2ClH.Co/c1-16-8-12-20(13-9-16)24-18(3)22-6-5-7-23(26-22)19(4)25-21-14-10-17(2)11-15-21;;;/h5-15H,1-4H3;2*1H;/q;;;+2/p-2. The van der Waals surface area contributed by atoms with E-state index in [9.17, 15) is 0 Å². The van der Waals surface area contributed by atoms with Gasteiger partial charge in [0, 0.05) is 0 Å². The molecule has 0 saturated heterocycles. The molecule has 0 amide bonds. The van der Waals surface area contributed by atoms with Crippen LogP contribution in [0.2, 0.25) is 0 Å². The second-order valence-corrected chi connectivity index (χ2v) is 6.47. The van der Waals surface area contributed by atoms with Crippen LogP contribution in [-0.4, -0.2) is 16.4 Å². The molecule has 0 fully saturated rings. The van der Waals surface area contributed by atoms with E-state index >= 15 is 0 Å². The molecule has 0 aliphatic carbocycles. The summed E-state index contributed by atoms with van der Waals surface area (Å²) in [6.07, 6.45) is 0. The first kappa shape index (κ1) is 27.0. The van der Waals surface area contributed by atoms with Gasteiger partial charge in [-0.1, -0.05) is 41.5 Å². The van der Waals surface area contributed by atoms with Crippen LogP contribution in [-0.2, 0) is 16.8 Å². The topological polar surface area (TPSA) is 37.6 Å². The molecule has 0 spiro atoms. The number of hydrogen-bond donors (Lipinski definition) is 0. The summed E-state index contributed by atoms with van der Waals surface area (Å²) in [6, 6.07) is 22.3. The van der Waals surface area contributed by atoms with Gasteiger partial charge in [0.15, 0.2) is 0 Å². The van der Waals surface area contributed by atoms with E-state index in [0.29, 0.717) is 0 Å². The van der Waals surface area contributed by atoms with Gasteiger partial charge in [0.2, 0.25) is 0 Å². The molecule has 0 aliphatic heterocycles. The third-order valence-electron chi connectivity index (χ3n) is 4.15. The maximum absolute atomic E-state index is 4.74. The summed E-state index contributed by atoms with van der Waals surface area (Å²) in [5.74, 6) is 0. The second kappa shape index (κ2) is 12.6. The number of halogens is 2. The summed E-state index contributed by atoms with van der Waals surface area (Å²) in [5.41, 5.74) is 7.82. The molecule has 0 bridgehead atoms. The number of aliphatic imine (C=N–C) groups is 2. The fraction of sp³-hybridized carbons (Fsp3) is 0.174. The van der Waals surface area contributed by atoms with Gasteiger partial charge in [-0.25, -0.2) is 4.98 Å². The van der Waals surface area contributed by atoms with E-state index in [2.05, 4.69) is 48.1 Å². The van der Waals surface area contributed by atoms with E-state index in [1.165, 1.54) is 11.1 Å². The zero-order valence-corrected chi connectivity index (χ0v) is 19.3. The molecule has 2 aromatic carbocycles. The summed E-state index contributed by atoms with van der Waals surface area (Å²) in [4.78, 5) is 14.1. The Morgan fingerprint density at radius 1 is 0.621 bits per heavy atom. The van der Waals surface area contributed by atoms with Crippen molar-refractivity contribution >= 4 is 22.8 Å². The Hall–Kier alpha value is -1.98. The van der Waals surface area contributed by atoms with Crippen molar-refractivity contribution in [3.05, 3.63) is 89.2 Å². The minimum Gasteiger partial charge on any atom is -1.00 e. The van der Waals surface area contributed by atoms with Crippen molar-refractivity contribution in [3.63, 3.8) is 0 Å². The zero-order valence-electron chi connectivity index (χ0n) is 16.8. The maximum atomic E-state index is 4.74. The van der Waals surface area contributed by atoms with Gasteiger partial charge in [0.25, 0.3) is 0 Å². The van der Waals surface area contributed by atoms with E-state index in [-0.39, 0.29) is 41.6 Å². The number of pyridine rings is 1. The van der Waals surface area contributed by atoms with Crippen LogP contribution in [0.3, 0.4) is 0 Å². The predicted octanol–water partition coefficient (Wildman–Crippen LogP) is -0.0147. The molecule has 6 heteroatoms. The van der Waals surface area contributed by atoms with Crippen LogP contribution < -0.4 is 24.8 Å². The fourth-order valence-electron chi connectivity index (χ4n) is 2.58. The van der Waals surface area contributed by atoms with E-state index in [1.807, 2.05) is 56.3 Å². The average molecular weight is 471 g/mol. The molecule has 0 saturated carbocycles. The van der Waals surface area contributed by atoms with Crippen molar-refractivity contribution in [3.8, 4) is 0 Å². The summed E-state index contributed by atoms with van der Waals surface area (Å²) in [5, 5.41) is 0. The van der Waals surface area contributed by atoms with Crippen molar-refractivity contribution in [2.75, 3.05) is 0 Å². The van der Waals surface area contributed by atoms with Gasteiger partial charge in [0.05, 0.1) is 34.2 Å². The van der Waals surface area contributed by atoms with Crippen molar-refractivity contribution < 1.29 is 41.6 Å².